The molecule has 0 aromatic heterocycles. The first kappa shape index (κ1) is 16.2. The van der Waals surface area contributed by atoms with Gasteiger partial charge in [-0.1, -0.05) is 55.5 Å². The van der Waals surface area contributed by atoms with Crippen molar-refractivity contribution < 1.29 is 4.79 Å². The fraction of sp³-hybridized carbons (Fsp3) is 0.316. The van der Waals surface area contributed by atoms with Crippen LogP contribution in [-0.4, -0.2) is 24.4 Å². The van der Waals surface area contributed by atoms with Crippen molar-refractivity contribution in [1.29, 1.82) is 0 Å². The molecule has 2 aromatic rings. The normalized spacial score (nSPS) is 10.7. The lowest BCUT2D eigenvalue weighted by Crippen LogP contribution is -2.30. The Morgan fingerprint density at radius 3 is 2.50 bits per heavy atom. The summed E-state index contributed by atoms with van der Waals surface area (Å²) in [5.74, 6) is 0.0300. The van der Waals surface area contributed by atoms with Crippen LogP contribution in [0.4, 0.5) is 5.69 Å². The molecule has 0 aliphatic heterocycles. The van der Waals surface area contributed by atoms with E-state index in [0.717, 1.165) is 24.2 Å². The van der Waals surface area contributed by atoms with E-state index in [4.69, 9.17) is 0 Å². The van der Waals surface area contributed by atoms with Crippen LogP contribution in [0.3, 0.4) is 0 Å². The van der Waals surface area contributed by atoms with E-state index in [1.54, 1.807) is 0 Å². The maximum atomic E-state index is 12.3. The maximum absolute atomic E-state index is 12.3. The number of para-hydroxylation sites is 1. The molecule has 116 valence electrons. The Hall–Kier alpha value is -2.13. The molecule has 0 fully saturated rings. The minimum Gasteiger partial charge on any atom is -0.324 e. The summed E-state index contributed by atoms with van der Waals surface area (Å²) in [6.07, 6.45) is 0.914. The maximum Gasteiger partial charge on any atom is 0.238 e. The van der Waals surface area contributed by atoms with Crippen LogP contribution in [0.25, 0.3) is 0 Å². The van der Waals surface area contributed by atoms with Gasteiger partial charge in [-0.2, -0.15) is 0 Å². The van der Waals surface area contributed by atoms with E-state index in [2.05, 4.69) is 30.4 Å². The van der Waals surface area contributed by atoms with Gasteiger partial charge >= 0.3 is 0 Å². The number of likely N-dealkylation sites (N-methyl/N-ethyl adjacent to an activating group) is 1. The Kier molecular flexibility index (Phi) is 5.73. The van der Waals surface area contributed by atoms with Gasteiger partial charge in [-0.05, 0) is 37.1 Å². The third-order valence-corrected chi connectivity index (χ3v) is 3.71. The van der Waals surface area contributed by atoms with Gasteiger partial charge in [-0.3, -0.25) is 9.69 Å². The van der Waals surface area contributed by atoms with Gasteiger partial charge in [-0.15, -0.1) is 0 Å². The van der Waals surface area contributed by atoms with Gasteiger partial charge < -0.3 is 5.32 Å². The van der Waals surface area contributed by atoms with Crippen molar-refractivity contribution in [3.05, 3.63) is 65.2 Å². The largest absolute Gasteiger partial charge is 0.324 e. The molecule has 0 aliphatic rings. The fourth-order valence-corrected chi connectivity index (χ4v) is 2.58. The van der Waals surface area contributed by atoms with Crippen LogP contribution >= 0.6 is 0 Å². The highest BCUT2D eigenvalue weighted by Gasteiger charge is 2.11. The van der Waals surface area contributed by atoms with Crippen LogP contribution in [-0.2, 0) is 17.8 Å². The highest BCUT2D eigenvalue weighted by atomic mass is 16.2. The zero-order valence-corrected chi connectivity index (χ0v) is 13.6. The molecule has 0 spiro atoms. The highest BCUT2D eigenvalue weighted by Crippen LogP contribution is 2.21. The predicted octanol–water partition coefficient (Wildman–Crippen LogP) is 3.63. The first-order valence-corrected chi connectivity index (χ1v) is 7.71. The van der Waals surface area contributed by atoms with Gasteiger partial charge in [0.2, 0.25) is 5.91 Å². The lowest BCUT2D eigenvalue weighted by Gasteiger charge is -2.18. The Morgan fingerprint density at radius 1 is 1.09 bits per heavy atom. The van der Waals surface area contributed by atoms with Crippen molar-refractivity contribution >= 4 is 11.6 Å². The zero-order chi connectivity index (χ0) is 15.9. The molecule has 3 heteroatoms. The van der Waals surface area contributed by atoms with E-state index < -0.39 is 0 Å². The third-order valence-electron chi connectivity index (χ3n) is 3.71. The molecule has 0 aliphatic carbocycles. The van der Waals surface area contributed by atoms with E-state index in [1.807, 2.05) is 49.2 Å². The number of rotatable bonds is 6. The number of carbonyl (C=O) groups excluding carboxylic acids is 1. The number of anilines is 1. The second kappa shape index (κ2) is 7.76. The van der Waals surface area contributed by atoms with Crippen molar-refractivity contribution in [3.8, 4) is 0 Å². The predicted molar refractivity (Wildman–Crippen MR) is 92.0 cm³/mol. The molecular formula is C19H24N2O. The molecule has 0 radical (unpaired) electrons. The summed E-state index contributed by atoms with van der Waals surface area (Å²) in [6, 6.07) is 16.3. The Bertz CT molecular complexity index is 623. The smallest absolute Gasteiger partial charge is 0.238 e. The molecule has 0 unspecified atom stereocenters. The van der Waals surface area contributed by atoms with Crippen LogP contribution in [0.5, 0.6) is 0 Å². The summed E-state index contributed by atoms with van der Waals surface area (Å²) in [5, 5.41) is 3.07. The molecule has 1 N–H and O–H groups in total. The second-order valence-corrected chi connectivity index (χ2v) is 5.67. The first-order chi connectivity index (χ1) is 10.6. The van der Waals surface area contributed by atoms with Crippen molar-refractivity contribution in [1.82, 2.24) is 4.90 Å². The van der Waals surface area contributed by atoms with Crippen molar-refractivity contribution in [2.75, 3.05) is 18.9 Å². The van der Waals surface area contributed by atoms with Crippen LogP contribution in [0.1, 0.15) is 23.6 Å². The van der Waals surface area contributed by atoms with Crippen molar-refractivity contribution in [3.63, 3.8) is 0 Å². The summed E-state index contributed by atoms with van der Waals surface area (Å²) >= 11 is 0. The number of nitrogens with one attached hydrogen (secondary N) is 1. The number of aryl methyl sites for hydroxylation is 2. The van der Waals surface area contributed by atoms with Crippen molar-refractivity contribution in [2.45, 2.75) is 26.8 Å². The molecule has 0 atom stereocenters. The van der Waals surface area contributed by atoms with E-state index in [1.165, 1.54) is 11.1 Å². The highest BCUT2D eigenvalue weighted by molar-refractivity contribution is 5.93. The lowest BCUT2D eigenvalue weighted by molar-refractivity contribution is -0.117. The monoisotopic (exact) mass is 296 g/mol. The van der Waals surface area contributed by atoms with Crippen LogP contribution in [0, 0.1) is 6.92 Å². The molecule has 0 heterocycles. The standard InChI is InChI=1S/C19H24N2O/c1-4-17-12-8-9-15(2)19(17)20-18(22)14-21(3)13-16-10-6-5-7-11-16/h5-12H,4,13-14H2,1-3H3,(H,20,22). The lowest BCUT2D eigenvalue weighted by atomic mass is 10.1. The molecular weight excluding hydrogens is 272 g/mol. The fourth-order valence-electron chi connectivity index (χ4n) is 2.58. The number of hydrogen-bond donors (Lipinski definition) is 1. The quantitative estimate of drug-likeness (QED) is 0.883. The molecule has 0 saturated heterocycles. The van der Waals surface area contributed by atoms with Gasteiger partial charge in [0.25, 0.3) is 0 Å². The SMILES string of the molecule is CCc1cccc(C)c1NC(=O)CN(C)Cc1ccccc1. The van der Waals surface area contributed by atoms with E-state index in [0.29, 0.717) is 6.54 Å². The number of carbonyl (C=O) groups is 1. The van der Waals surface area contributed by atoms with E-state index in [-0.39, 0.29) is 5.91 Å². The Labute approximate surface area is 133 Å². The van der Waals surface area contributed by atoms with Gasteiger partial charge in [0.1, 0.15) is 0 Å². The second-order valence-electron chi connectivity index (χ2n) is 5.67. The topological polar surface area (TPSA) is 32.3 Å². The summed E-state index contributed by atoms with van der Waals surface area (Å²) in [7, 11) is 1.96. The van der Waals surface area contributed by atoms with Crippen molar-refractivity contribution in [2.24, 2.45) is 0 Å². The molecule has 3 nitrogen and oxygen atoms in total. The molecule has 1 amide bonds. The van der Waals surface area contributed by atoms with Gasteiger partial charge in [0.05, 0.1) is 6.54 Å². The molecule has 2 rings (SSSR count). The van der Waals surface area contributed by atoms with E-state index in [9.17, 15) is 4.79 Å². The number of benzene rings is 2. The summed E-state index contributed by atoms with van der Waals surface area (Å²) in [6.45, 7) is 5.28. The molecule has 22 heavy (non-hydrogen) atoms. The van der Waals surface area contributed by atoms with Gasteiger partial charge in [-0.25, -0.2) is 0 Å². The Balaban J connectivity index is 1.96. The number of nitrogens with zero attached hydrogens (tertiary/aromatic N) is 1. The third kappa shape index (κ3) is 4.43. The van der Waals surface area contributed by atoms with E-state index >= 15 is 0 Å². The minimum absolute atomic E-state index is 0.0300. The summed E-state index contributed by atoms with van der Waals surface area (Å²) in [5.41, 5.74) is 4.46. The van der Waals surface area contributed by atoms with Gasteiger partial charge in [0, 0.05) is 12.2 Å². The number of hydrogen-bond acceptors (Lipinski definition) is 2. The number of amides is 1. The molecule has 0 saturated carbocycles. The van der Waals surface area contributed by atoms with Gasteiger partial charge in [0.15, 0.2) is 0 Å². The molecule has 0 bridgehead atoms. The Morgan fingerprint density at radius 2 is 1.82 bits per heavy atom. The summed E-state index contributed by atoms with van der Waals surface area (Å²) < 4.78 is 0. The first-order valence-electron chi connectivity index (χ1n) is 7.71. The van der Waals surface area contributed by atoms with Crippen LogP contribution in [0.2, 0.25) is 0 Å². The average Bonchev–Trinajstić information content (AvgIpc) is 2.50. The molecule has 2 aromatic carbocycles. The average molecular weight is 296 g/mol. The van der Waals surface area contributed by atoms with Crippen LogP contribution in [0.15, 0.2) is 48.5 Å². The summed E-state index contributed by atoms with van der Waals surface area (Å²) in [4.78, 5) is 14.3. The van der Waals surface area contributed by atoms with Crippen LogP contribution < -0.4 is 5.32 Å². The minimum atomic E-state index is 0.0300. The zero-order valence-electron chi connectivity index (χ0n) is 13.6.